The lowest BCUT2D eigenvalue weighted by Crippen LogP contribution is -2.55. The van der Waals surface area contributed by atoms with E-state index in [1.165, 1.54) is 25.3 Å². The van der Waals surface area contributed by atoms with Crippen LogP contribution in [0.3, 0.4) is 0 Å². The number of benzene rings is 4. The zero-order valence-electron chi connectivity index (χ0n) is 29.4. The number of hydrogen-bond donors (Lipinski definition) is 2. The van der Waals surface area contributed by atoms with E-state index in [1.807, 2.05) is 48.5 Å². The molecule has 3 amide bonds. The van der Waals surface area contributed by atoms with E-state index in [1.54, 1.807) is 15.9 Å². The lowest BCUT2D eigenvalue weighted by Gasteiger charge is -2.38. The third kappa shape index (κ3) is 6.30. The first-order chi connectivity index (χ1) is 25.2. The highest BCUT2D eigenvalue weighted by molar-refractivity contribution is 6.06. The van der Waals surface area contributed by atoms with Crippen molar-refractivity contribution in [1.29, 1.82) is 0 Å². The second-order valence-electron chi connectivity index (χ2n) is 13.5. The van der Waals surface area contributed by atoms with Crippen LogP contribution in [0.4, 0.5) is 16.2 Å². The van der Waals surface area contributed by atoms with E-state index < -0.39 is 18.4 Å². The number of piperidine rings is 1. The molecule has 0 radical (unpaired) electrons. The van der Waals surface area contributed by atoms with Crippen molar-refractivity contribution in [3.05, 3.63) is 102 Å². The maximum absolute atomic E-state index is 13.8. The summed E-state index contributed by atoms with van der Waals surface area (Å²) in [6.45, 7) is 6.75. The van der Waals surface area contributed by atoms with Crippen LogP contribution in [0.1, 0.15) is 65.6 Å². The van der Waals surface area contributed by atoms with Crippen LogP contribution in [0.2, 0.25) is 0 Å². The Morgan fingerprint density at radius 2 is 1.77 bits per heavy atom. The van der Waals surface area contributed by atoms with Crippen molar-refractivity contribution in [2.24, 2.45) is 0 Å². The van der Waals surface area contributed by atoms with E-state index in [9.17, 15) is 24.6 Å². The number of phenols is 1. The summed E-state index contributed by atoms with van der Waals surface area (Å²) in [4.78, 5) is 45.5. The molecule has 1 unspecified atom stereocenters. The molecule has 11 heteroatoms. The minimum Gasteiger partial charge on any atom is -0.507 e. The van der Waals surface area contributed by atoms with E-state index in [4.69, 9.17) is 14.2 Å². The van der Waals surface area contributed by atoms with Gasteiger partial charge in [-0.05, 0) is 53.8 Å². The van der Waals surface area contributed by atoms with Crippen LogP contribution >= 0.6 is 0 Å². The van der Waals surface area contributed by atoms with Gasteiger partial charge < -0.3 is 34.2 Å². The van der Waals surface area contributed by atoms with Crippen molar-refractivity contribution in [2.75, 3.05) is 36.6 Å². The predicted molar refractivity (Wildman–Crippen MR) is 197 cm³/mol. The molecule has 4 aromatic carbocycles. The van der Waals surface area contributed by atoms with Gasteiger partial charge in [0.05, 0.1) is 36.5 Å². The highest BCUT2D eigenvalue weighted by atomic mass is 16.6. The Balaban J connectivity index is 1.13. The van der Waals surface area contributed by atoms with E-state index in [0.717, 1.165) is 57.3 Å². The smallest absolute Gasteiger partial charge is 0.416 e. The average molecular weight is 706 g/mol. The number of nitrogens with zero attached hydrogens (tertiary/aromatic N) is 3. The number of amides is 3. The minimum atomic E-state index is -1.34. The molecule has 1 saturated heterocycles. The van der Waals surface area contributed by atoms with E-state index in [2.05, 4.69) is 13.5 Å². The molecule has 0 aromatic heterocycles. The molecular weight excluding hydrogens is 662 g/mol. The first-order valence-electron chi connectivity index (χ1n) is 17.8. The first kappa shape index (κ1) is 34.9. The number of fused-ring (bicyclic) bond motifs is 5. The fraction of sp³-hybridized carbons (Fsp3) is 0.341. The number of aliphatic hydroxyl groups is 1. The van der Waals surface area contributed by atoms with Crippen molar-refractivity contribution in [3.63, 3.8) is 0 Å². The number of rotatable bonds is 9. The summed E-state index contributed by atoms with van der Waals surface area (Å²) in [5.74, 6) is 0.488. The zero-order chi connectivity index (χ0) is 36.5. The second kappa shape index (κ2) is 14.6. The summed E-state index contributed by atoms with van der Waals surface area (Å²) in [7, 11) is 1.47. The van der Waals surface area contributed by atoms with Crippen molar-refractivity contribution in [3.8, 4) is 17.2 Å². The summed E-state index contributed by atoms with van der Waals surface area (Å²) < 4.78 is 17.3. The van der Waals surface area contributed by atoms with Gasteiger partial charge in [0.15, 0.2) is 17.7 Å². The van der Waals surface area contributed by atoms with Crippen molar-refractivity contribution in [2.45, 2.75) is 63.8 Å². The maximum Gasteiger partial charge on any atom is 0.416 e. The molecule has 270 valence electrons. The van der Waals surface area contributed by atoms with Gasteiger partial charge in [-0.2, -0.15) is 0 Å². The number of phenolic OH excluding ortho intramolecular Hbond substituents is 1. The quantitative estimate of drug-likeness (QED) is 0.185. The third-order valence-corrected chi connectivity index (χ3v) is 10.4. The monoisotopic (exact) mass is 705 g/mol. The van der Waals surface area contributed by atoms with E-state index >= 15 is 0 Å². The standard InChI is InChI=1S/C41H43N3O8/c1-4-17-51-41(49)44-32-22-36(35(50-3)20-30(32)39(47)42-16-9-8-15-31(42)40(44)48)52-24-26-12-10-11-25(18-26)19-37(46)43-23-27(5-2)38-29-14-7-6-13-28(29)34(45)21-33(38)43/h4,6-7,10-14,18,20-22,27,31,40,45,48H,1,5,8-9,15-17,19,23-24H2,2-3H3/t27-,31+,40?/m1/s1. The number of carbonyl (C=O) groups is 3. The molecule has 2 N–H and O–H groups in total. The van der Waals surface area contributed by atoms with Gasteiger partial charge in [0, 0.05) is 36.5 Å². The largest absolute Gasteiger partial charge is 0.507 e. The Bertz CT molecular complexity index is 2050. The topological polar surface area (TPSA) is 129 Å². The number of anilines is 2. The zero-order valence-corrected chi connectivity index (χ0v) is 29.4. The van der Waals surface area contributed by atoms with Gasteiger partial charge in [-0.15, -0.1) is 0 Å². The Morgan fingerprint density at radius 1 is 0.981 bits per heavy atom. The lowest BCUT2D eigenvalue weighted by molar-refractivity contribution is -0.117. The van der Waals surface area contributed by atoms with Crippen molar-refractivity contribution >= 4 is 40.1 Å². The number of methoxy groups -OCH3 is 1. The second-order valence-corrected chi connectivity index (χ2v) is 13.5. The van der Waals surface area contributed by atoms with Crippen LogP contribution in [-0.2, 0) is 22.6 Å². The summed E-state index contributed by atoms with van der Waals surface area (Å²) in [6.07, 6.45) is 2.44. The first-order valence-corrected chi connectivity index (χ1v) is 17.8. The molecule has 0 aliphatic carbocycles. The molecule has 52 heavy (non-hydrogen) atoms. The molecule has 3 aliphatic heterocycles. The van der Waals surface area contributed by atoms with Crippen LogP contribution in [0.5, 0.6) is 17.2 Å². The number of ether oxygens (including phenoxy) is 3. The van der Waals surface area contributed by atoms with Crippen LogP contribution in [0.25, 0.3) is 10.8 Å². The Labute approximate surface area is 302 Å². The van der Waals surface area contributed by atoms with E-state index in [0.29, 0.717) is 19.5 Å². The summed E-state index contributed by atoms with van der Waals surface area (Å²) in [5, 5.41) is 24.1. The van der Waals surface area contributed by atoms with Crippen LogP contribution in [-0.4, -0.2) is 72.1 Å². The molecule has 3 aliphatic rings. The summed E-state index contributed by atoms with van der Waals surface area (Å²) in [5.41, 5.74) is 3.79. The Hall–Kier alpha value is -5.55. The molecule has 0 spiro atoms. The van der Waals surface area contributed by atoms with Gasteiger partial charge in [-0.3, -0.25) is 9.59 Å². The lowest BCUT2D eigenvalue weighted by atomic mass is 9.93. The number of aromatic hydroxyl groups is 1. The molecule has 4 aromatic rings. The number of hydrogen-bond acceptors (Lipinski definition) is 8. The molecule has 1 fully saturated rings. The number of aliphatic hydroxyl groups excluding tert-OH is 1. The van der Waals surface area contributed by atoms with Gasteiger partial charge in [-0.1, -0.05) is 68.1 Å². The van der Waals surface area contributed by atoms with Crippen molar-refractivity contribution in [1.82, 2.24) is 4.90 Å². The Morgan fingerprint density at radius 3 is 2.54 bits per heavy atom. The minimum absolute atomic E-state index is 0.0685. The molecular formula is C41H43N3O8. The maximum atomic E-state index is 13.8. The Kier molecular flexibility index (Phi) is 9.79. The molecule has 0 bridgehead atoms. The van der Waals surface area contributed by atoms with Crippen LogP contribution in [0.15, 0.2) is 79.4 Å². The molecule has 3 atom stereocenters. The highest BCUT2D eigenvalue weighted by Gasteiger charge is 2.44. The summed E-state index contributed by atoms with van der Waals surface area (Å²) in [6, 6.07) is 19.5. The molecule has 3 heterocycles. The van der Waals surface area contributed by atoms with Gasteiger partial charge in [0.1, 0.15) is 19.0 Å². The van der Waals surface area contributed by atoms with Gasteiger partial charge in [0.25, 0.3) is 5.91 Å². The van der Waals surface area contributed by atoms with Crippen LogP contribution in [0, 0.1) is 0 Å². The van der Waals surface area contributed by atoms with Gasteiger partial charge >= 0.3 is 6.09 Å². The van der Waals surface area contributed by atoms with Gasteiger partial charge in [-0.25, -0.2) is 9.69 Å². The summed E-state index contributed by atoms with van der Waals surface area (Å²) >= 11 is 0. The average Bonchev–Trinajstić information content (AvgIpc) is 3.51. The molecule has 7 rings (SSSR count). The van der Waals surface area contributed by atoms with Crippen LogP contribution < -0.4 is 19.3 Å². The normalized spacial score (nSPS) is 19.4. The number of carbonyl (C=O) groups excluding carboxylic acids is 3. The third-order valence-electron chi connectivity index (χ3n) is 10.4. The SMILES string of the molecule is C=CCOC(=O)N1c2cc(OCc3cccc(CC(=O)N4C[C@@H](CC)c5c4cc(O)c4ccccc54)c3)c(OC)cc2C(=O)N2CCCC[C@H]2C1O. The fourth-order valence-corrected chi connectivity index (χ4v) is 7.84. The predicted octanol–water partition coefficient (Wildman–Crippen LogP) is 6.67. The highest BCUT2D eigenvalue weighted by Crippen LogP contribution is 2.46. The fourth-order valence-electron chi connectivity index (χ4n) is 7.84. The van der Waals surface area contributed by atoms with Gasteiger partial charge in [0.2, 0.25) is 5.91 Å². The van der Waals surface area contributed by atoms with Crippen molar-refractivity contribution < 1.29 is 38.8 Å². The van der Waals surface area contributed by atoms with E-state index in [-0.39, 0.29) is 65.9 Å². The molecule has 0 saturated carbocycles. The molecule has 11 nitrogen and oxygen atoms in total.